The Bertz CT molecular complexity index is 361. The first-order chi connectivity index (χ1) is 8.40. The first-order valence-electron chi connectivity index (χ1n) is 5.93. The minimum atomic E-state index is -4.32. The predicted molar refractivity (Wildman–Crippen MR) is 64.2 cm³/mol. The normalized spacial score (nSPS) is 15.4. The lowest BCUT2D eigenvalue weighted by atomic mass is 9.87. The number of alkyl halides is 3. The average Bonchev–Trinajstić information content (AvgIpc) is 2.34. The quantitative estimate of drug-likeness (QED) is 0.856. The molecule has 0 aliphatic rings. The van der Waals surface area contributed by atoms with Crippen molar-refractivity contribution in [3.63, 3.8) is 0 Å². The molecule has 1 rings (SSSR count). The van der Waals surface area contributed by atoms with Crippen molar-refractivity contribution in [3.05, 3.63) is 35.4 Å². The minimum Gasteiger partial charge on any atom is -0.396 e. The van der Waals surface area contributed by atoms with Crippen molar-refractivity contribution in [2.45, 2.75) is 37.9 Å². The molecule has 2 nitrogen and oxygen atoms in total. The van der Waals surface area contributed by atoms with E-state index in [0.717, 1.165) is 17.7 Å². The Kier molecular flexibility index (Phi) is 5.16. The molecule has 0 amide bonds. The van der Waals surface area contributed by atoms with E-state index < -0.39 is 11.7 Å². The number of halogens is 3. The van der Waals surface area contributed by atoms with Gasteiger partial charge in [0.25, 0.3) is 0 Å². The monoisotopic (exact) mass is 261 g/mol. The van der Waals surface area contributed by atoms with Crippen LogP contribution in [0.3, 0.4) is 0 Å². The Morgan fingerprint density at radius 3 is 2.17 bits per heavy atom. The molecule has 1 aromatic rings. The zero-order valence-electron chi connectivity index (χ0n) is 10.2. The van der Waals surface area contributed by atoms with Crippen LogP contribution in [0.15, 0.2) is 24.3 Å². The van der Waals surface area contributed by atoms with Gasteiger partial charge in [0.05, 0.1) is 5.56 Å². The molecule has 0 spiro atoms. The Morgan fingerprint density at radius 1 is 1.22 bits per heavy atom. The third-order valence-electron chi connectivity index (χ3n) is 3.09. The summed E-state index contributed by atoms with van der Waals surface area (Å²) in [4.78, 5) is 0. The van der Waals surface area contributed by atoms with E-state index in [2.05, 4.69) is 0 Å². The molecule has 2 atom stereocenters. The Morgan fingerprint density at radius 2 is 1.78 bits per heavy atom. The molecule has 0 fully saturated rings. The summed E-state index contributed by atoms with van der Waals surface area (Å²) < 4.78 is 37.3. The lowest BCUT2D eigenvalue weighted by molar-refractivity contribution is -0.137. The topological polar surface area (TPSA) is 46.2 Å². The molecule has 0 bridgehead atoms. The molecule has 0 radical (unpaired) electrons. The van der Waals surface area contributed by atoms with Crippen LogP contribution in [-0.2, 0) is 6.18 Å². The molecule has 3 N–H and O–H groups in total. The Hall–Kier alpha value is -1.07. The van der Waals surface area contributed by atoms with Crippen LogP contribution in [0, 0.1) is 0 Å². The van der Waals surface area contributed by atoms with Crippen LogP contribution in [0.5, 0.6) is 0 Å². The molecular weight excluding hydrogens is 243 g/mol. The number of aliphatic hydroxyl groups excluding tert-OH is 1. The number of nitrogens with two attached hydrogens (primary N) is 1. The lowest BCUT2D eigenvalue weighted by Crippen LogP contribution is -2.28. The van der Waals surface area contributed by atoms with Crippen LogP contribution in [0.1, 0.15) is 36.8 Å². The standard InChI is InChI=1S/C13H18F3NO/c1-2-12(17)11(7-8-18)9-3-5-10(6-4-9)13(14,15)16/h3-6,11-12,18H,2,7-8,17H2,1H3. The fourth-order valence-corrected chi connectivity index (χ4v) is 1.97. The van der Waals surface area contributed by atoms with Crippen molar-refractivity contribution in [2.75, 3.05) is 6.61 Å². The summed E-state index contributed by atoms with van der Waals surface area (Å²) in [5, 5.41) is 8.99. The van der Waals surface area contributed by atoms with Gasteiger partial charge >= 0.3 is 6.18 Å². The van der Waals surface area contributed by atoms with E-state index in [-0.39, 0.29) is 18.6 Å². The number of rotatable bonds is 5. The molecule has 1 aromatic carbocycles. The van der Waals surface area contributed by atoms with Gasteiger partial charge in [-0.05, 0) is 30.5 Å². The third kappa shape index (κ3) is 3.71. The van der Waals surface area contributed by atoms with Gasteiger partial charge in [-0.3, -0.25) is 0 Å². The summed E-state index contributed by atoms with van der Waals surface area (Å²) in [5.74, 6) is -0.109. The number of hydrogen-bond acceptors (Lipinski definition) is 2. The highest BCUT2D eigenvalue weighted by Gasteiger charge is 2.30. The second kappa shape index (κ2) is 6.20. The second-order valence-corrected chi connectivity index (χ2v) is 4.31. The molecule has 18 heavy (non-hydrogen) atoms. The molecule has 5 heteroatoms. The van der Waals surface area contributed by atoms with E-state index in [0.29, 0.717) is 12.8 Å². The van der Waals surface area contributed by atoms with Crippen LogP contribution in [0.2, 0.25) is 0 Å². The van der Waals surface area contributed by atoms with E-state index in [9.17, 15) is 13.2 Å². The largest absolute Gasteiger partial charge is 0.416 e. The molecule has 0 aliphatic heterocycles. The maximum atomic E-state index is 12.4. The van der Waals surface area contributed by atoms with Gasteiger partial charge < -0.3 is 10.8 Å². The van der Waals surface area contributed by atoms with E-state index in [1.165, 1.54) is 12.1 Å². The van der Waals surface area contributed by atoms with Crippen molar-refractivity contribution < 1.29 is 18.3 Å². The van der Waals surface area contributed by atoms with Crippen molar-refractivity contribution in [3.8, 4) is 0 Å². The summed E-state index contributed by atoms with van der Waals surface area (Å²) in [7, 11) is 0. The molecule has 0 aliphatic carbocycles. The Labute approximate surface area is 105 Å². The summed E-state index contributed by atoms with van der Waals surface area (Å²) in [6.45, 7) is 1.89. The molecule has 0 saturated heterocycles. The van der Waals surface area contributed by atoms with E-state index in [1.54, 1.807) is 0 Å². The van der Waals surface area contributed by atoms with Crippen molar-refractivity contribution in [2.24, 2.45) is 5.73 Å². The summed E-state index contributed by atoms with van der Waals surface area (Å²) in [6.07, 6.45) is -3.15. The van der Waals surface area contributed by atoms with Crippen LogP contribution < -0.4 is 5.73 Å². The van der Waals surface area contributed by atoms with E-state index in [1.807, 2.05) is 6.92 Å². The fourth-order valence-electron chi connectivity index (χ4n) is 1.97. The molecule has 102 valence electrons. The lowest BCUT2D eigenvalue weighted by Gasteiger charge is -2.23. The van der Waals surface area contributed by atoms with Crippen molar-refractivity contribution in [1.29, 1.82) is 0 Å². The highest BCUT2D eigenvalue weighted by molar-refractivity contribution is 5.28. The molecule has 0 aromatic heterocycles. The first-order valence-corrected chi connectivity index (χ1v) is 5.93. The van der Waals surface area contributed by atoms with Gasteiger partial charge in [0.1, 0.15) is 0 Å². The van der Waals surface area contributed by atoms with Gasteiger partial charge in [0.15, 0.2) is 0 Å². The van der Waals surface area contributed by atoms with Crippen molar-refractivity contribution >= 4 is 0 Å². The van der Waals surface area contributed by atoms with Crippen LogP contribution in [0.4, 0.5) is 13.2 Å². The summed E-state index contributed by atoms with van der Waals surface area (Å²) in [5.41, 5.74) is 6.00. The van der Waals surface area contributed by atoms with Gasteiger partial charge in [0.2, 0.25) is 0 Å². The zero-order valence-corrected chi connectivity index (χ0v) is 10.2. The van der Waals surface area contributed by atoms with Crippen LogP contribution in [-0.4, -0.2) is 17.8 Å². The summed E-state index contributed by atoms with van der Waals surface area (Å²) >= 11 is 0. The van der Waals surface area contributed by atoms with Crippen molar-refractivity contribution in [1.82, 2.24) is 0 Å². The molecular formula is C13H18F3NO. The number of hydrogen-bond donors (Lipinski definition) is 2. The van der Waals surface area contributed by atoms with E-state index >= 15 is 0 Å². The fraction of sp³-hybridized carbons (Fsp3) is 0.538. The molecule has 0 heterocycles. The summed E-state index contributed by atoms with van der Waals surface area (Å²) in [6, 6.07) is 4.84. The minimum absolute atomic E-state index is 0.0284. The first kappa shape index (κ1) is 15.0. The highest BCUT2D eigenvalue weighted by Crippen LogP contribution is 2.31. The van der Waals surface area contributed by atoms with Gasteiger partial charge in [0, 0.05) is 18.6 Å². The van der Waals surface area contributed by atoms with Gasteiger partial charge in [-0.2, -0.15) is 13.2 Å². The van der Waals surface area contributed by atoms with Crippen LogP contribution >= 0.6 is 0 Å². The van der Waals surface area contributed by atoms with Crippen LogP contribution in [0.25, 0.3) is 0 Å². The SMILES string of the molecule is CCC(N)C(CCO)c1ccc(C(F)(F)F)cc1. The zero-order chi connectivity index (χ0) is 13.8. The van der Waals surface area contributed by atoms with Gasteiger partial charge in [-0.25, -0.2) is 0 Å². The van der Waals surface area contributed by atoms with E-state index in [4.69, 9.17) is 10.8 Å². The second-order valence-electron chi connectivity index (χ2n) is 4.31. The third-order valence-corrected chi connectivity index (χ3v) is 3.09. The maximum Gasteiger partial charge on any atom is 0.416 e. The smallest absolute Gasteiger partial charge is 0.396 e. The predicted octanol–water partition coefficient (Wildman–Crippen LogP) is 2.91. The average molecular weight is 261 g/mol. The Balaban J connectivity index is 2.93. The molecule has 0 saturated carbocycles. The number of aliphatic hydroxyl groups is 1. The highest BCUT2D eigenvalue weighted by atomic mass is 19.4. The number of benzene rings is 1. The van der Waals surface area contributed by atoms with Gasteiger partial charge in [-0.15, -0.1) is 0 Å². The molecule has 2 unspecified atom stereocenters. The van der Waals surface area contributed by atoms with Gasteiger partial charge in [-0.1, -0.05) is 19.1 Å². The maximum absolute atomic E-state index is 12.4.